The van der Waals surface area contributed by atoms with E-state index < -0.39 is 11.3 Å². The predicted octanol–water partition coefficient (Wildman–Crippen LogP) is 1.51. The summed E-state index contributed by atoms with van der Waals surface area (Å²) in [5.41, 5.74) is 5.72. The quantitative estimate of drug-likeness (QED) is 0.747. The number of aromatic nitrogens is 2. The van der Waals surface area contributed by atoms with Crippen molar-refractivity contribution >= 4 is 0 Å². The molecule has 1 saturated carbocycles. The average Bonchev–Trinajstić information content (AvgIpc) is 2.54. The van der Waals surface area contributed by atoms with E-state index in [1.54, 1.807) is 0 Å². The zero-order valence-electron chi connectivity index (χ0n) is 9.66. The van der Waals surface area contributed by atoms with E-state index in [1.807, 2.05) is 6.92 Å². The molecule has 0 saturated heterocycles. The molecule has 0 aliphatic heterocycles. The molecular formula is C11H19N3O2. The molecule has 0 amide bonds. The third-order valence-electron chi connectivity index (χ3n) is 3.65. The van der Waals surface area contributed by atoms with Crippen molar-refractivity contribution in [2.75, 3.05) is 0 Å². The summed E-state index contributed by atoms with van der Waals surface area (Å²) in [4.78, 5) is 13.5. The number of hydrogen-bond acceptors (Lipinski definition) is 4. The van der Waals surface area contributed by atoms with Crippen LogP contribution in [0.2, 0.25) is 0 Å². The van der Waals surface area contributed by atoms with E-state index in [4.69, 9.17) is 5.73 Å². The normalized spacial score (nSPS) is 22.6. The first kappa shape index (κ1) is 11.4. The lowest BCUT2D eigenvalue weighted by atomic mass is 9.80. The Balaban J connectivity index is 2.19. The lowest BCUT2D eigenvalue weighted by Crippen LogP contribution is -2.42. The molecule has 1 aliphatic rings. The largest absolute Gasteiger partial charge is 0.438 e. The maximum Gasteiger partial charge on any atom is 0.438 e. The number of rotatable bonds is 2. The number of nitrogens with two attached hydrogens (primary N) is 1. The van der Waals surface area contributed by atoms with Gasteiger partial charge in [-0.05, 0) is 25.7 Å². The first-order valence-electron chi connectivity index (χ1n) is 5.96. The summed E-state index contributed by atoms with van der Waals surface area (Å²) in [5.74, 6) is 0.320. The van der Waals surface area contributed by atoms with Crippen LogP contribution in [-0.4, -0.2) is 10.1 Å². The van der Waals surface area contributed by atoms with Crippen LogP contribution in [0.15, 0.2) is 9.32 Å². The van der Waals surface area contributed by atoms with Crippen LogP contribution < -0.4 is 11.5 Å². The van der Waals surface area contributed by atoms with Crippen LogP contribution in [0.1, 0.15) is 51.3 Å². The third-order valence-corrected chi connectivity index (χ3v) is 3.65. The number of hydrogen-bond donors (Lipinski definition) is 2. The Morgan fingerprint density at radius 1 is 1.38 bits per heavy atom. The van der Waals surface area contributed by atoms with E-state index in [2.05, 4.69) is 14.7 Å². The number of nitrogens with one attached hydrogen (secondary N) is 1. The highest BCUT2D eigenvalue weighted by Crippen LogP contribution is 2.34. The van der Waals surface area contributed by atoms with Gasteiger partial charge in [0, 0.05) is 0 Å². The molecule has 1 heterocycles. The Labute approximate surface area is 94.4 Å². The average molecular weight is 225 g/mol. The summed E-state index contributed by atoms with van der Waals surface area (Å²) >= 11 is 0. The van der Waals surface area contributed by atoms with Gasteiger partial charge in [0.2, 0.25) is 0 Å². The van der Waals surface area contributed by atoms with Crippen molar-refractivity contribution in [2.45, 2.75) is 51.0 Å². The lowest BCUT2D eigenvalue weighted by Gasteiger charge is -2.30. The van der Waals surface area contributed by atoms with Gasteiger partial charge in [0.25, 0.3) is 0 Å². The Hall–Kier alpha value is -1.10. The summed E-state index contributed by atoms with van der Waals surface area (Å²) in [7, 11) is 0. The maximum absolute atomic E-state index is 10.9. The molecule has 0 radical (unpaired) electrons. The molecule has 90 valence electrons. The van der Waals surface area contributed by atoms with Crippen LogP contribution in [0.5, 0.6) is 0 Å². The molecule has 1 unspecified atom stereocenters. The second-order valence-corrected chi connectivity index (χ2v) is 4.91. The van der Waals surface area contributed by atoms with Crippen molar-refractivity contribution in [3.8, 4) is 0 Å². The number of nitrogens with zero attached hydrogens (tertiary/aromatic N) is 1. The van der Waals surface area contributed by atoms with Crippen molar-refractivity contribution < 1.29 is 4.52 Å². The van der Waals surface area contributed by atoms with Gasteiger partial charge < -0.3 is 5.73 Å². The van der Waals surface area contributed by atoms with E-state index >= 15 is 0 Å². The molecule has 3 N–H and O–H groups in total. The smallest absolute Gasteiger partial charge is 0.319 e. The van der Waals surface area contributed by atoms with Crippen LogP contribution in [0.4, 0.5) is 0 Å². The van der Waals surface area contributed by atoms with E-state index in [9.17, 15) is 4.79 Å². The van der Waals surface area contributed by atoms with Crippen LogP contribution in [0, 0.1) is 5.92 Å². The Kier molecular flexibility index (Phi) is 3.14. The van der Waals surface area contributed by atoms with Gasteiger partial charge in [0.1, 0.15) is 0 Å². The Morgan fingerprint density at radius 2 is 2.00 bits per heavy atom. The summed E-state index contributed by atoms with van der Waals surface area (Å²) in [6.07, 6.45) is 7.17. The topological polar surface area (TPSA) is 84.9 Å². The van der Waals surface area contributed by atoms with Crippen molar-refractivity contribution in [1.29, 1.82) is 0 Å². The molecule has 0 aromatic carbocycles. The Bertz CT molecular complexity index is 386. The summed E-state index contributed by atoms with van der Waals surface area (Å²) in [6.45, 7) is 1.93. The van der Waals surface area contributed by atoms with Gasteiger partial charge in [-0.15, -0.1) is 0 Å². The maximum atomic E-state index is 10.9. The van der Waals surface area contributed by atoms with Gasteiger partial charge in [0.15, 0.2) is 5.82 Å². The Morgan fingerprint density at radius 3 is 2.50 bits per heavy atom. The molecule has 5 nitrogen and oxygen atoms in total. The highest BCUT2D eigenvalue weighted by atomic mass is 16.5. The van der Waals surface area contributed by atoms with Gasteiger partial charge in [-0.2, -0.15) is 0 Å². The summed E-state index contributed by atoms with van der Waals surface area (Å²) in [6, 6.07) is 0. The second-order valence-electron chi connectivity index (χ2n) is 4.91. The zero-order chi connectivity index (χ0) is 11.6. The summed E-state index contributed by atoms with van der Waals surface area (Å²) in [5, 5.41) is 3.73. The molecule has 16 heavy (non-hydrogen) atoms. The van der Waals surface area contributed by atoms with Gasteiger partial charge in [-0.3, -0.25) is 9.51 Å². The van der Waals surface area contributed by atoms with Crippen LogP contribution in [0.3, 0.4) is 0 Å². The second kappa shape index (κ2) is 4.41. The van der Waals surface area contributed by atoms with E-state index in [-0.39, 0.29) is 0 Å². The van der Waals surface area contributed by atoms with Crippen molar-refractivity contribution in [2.24, 2.45) is 11.7 Å². The first-order valence-corrected chi connectivity index (χ1v) is 5.96. The van der Waals surface area contributed by atoms with Crippen LogP contribution in [-0.2, 0) is 5.54 Å². The SMILES string of the molecule is CC(N)(c1noc(=O)[nH]1)C1CCCCCC1. The highest BCUT2D eigenvalue weighted by molar-refractivity contribution is 5.03. The van der Waals surface area contributed by atoms with Gasteiger partial charge in [-0.25, -0.2) is 4.79 Å². The zero-order valence-corrected chi connectivity index (χ0v) is 9.66. The minimum atomic E-state index is -0.587. The number of H-pyrrole nitrogens is 1. The fraction of sp³-hybridized carbons (Fsp3) is 0.818. The molecule has 1 atom stereocenters. The van der Waals surface area contributed by atoms with E-state index in [0.29, 0.717) is 11.7 Å². The third kappa shape index (κ3) is 2.19. The summed E-state index contributed by atoms with van der Waals surface area (Å²) < 4.78 is 4.53. The van der Waals surface area contributed by atoms with Gasteiger partial charge in [-0.1, -0.05) is 30.8 Å². The molecule has 0 bridgehead atoms. The molecule has 1 aliphatic carbocycles. The standard InChI is InChI=1S/C11H19N3O2/c1-11(12,9-13-10(15)16-14-9)8-6-4-2-3-5-7-8/h8H,2-7,12H2,1H3,(H,13,14,15). The minimum Gasteiger partial charge on any atom is -0.319 e. The van der Waals surface area contributed by atoms with Crippen molar-refractivity contribution in [1.82, 2.24) is 10.1 Å². The molecule has 5 heteroatoms. The van der Waals surface area contributed by atoms with Crippen molar-refractivity contribution in [3.63, 3.8) is 0 Å². The monoisotopic (exact) mass is 225 g/mol. The lowest BCUT2D eigenvalue weighted by molar-refractivity contribution is 0.246. The first-order chi connectivity index (χ1) is 7.60. The van der Waals surface area contributed by atoms with Gasteiger partial charge in [0.05, 0.1) is 5.54 Å². The van der Waals surface area contributed by atoms with Crippen LogP contribution in [0.25, 0.3) is 0 Å². The van der Waals surface area contributed by atoms with Crippen molar-refractivity contribution in [3.05, 3.63) is 16.4 Å². The fourth-order valence-corrected chi connectivity index (χ4v) is 2.53. The molecule has 1 aromatic heterocycles. The van der Waals surface area contributed by atoms with E-state index in [0.717, 1.165) is 12.8 Å². The predicted molar refractivity (Wildman–Crippen MR) is 59.9 cm³/mol. The van der Waals surface area contributed by atoms with E-state index in [1.165, 1.54) is 25.7 Å². The molecule has 1 aromatic rings. The minimum absolute atomic E-state index is 0.371. The highest BCUT2D eigenvalue weighted by Gasteiger charge is 2.35. The molecule has 1 fully saturated rings. The van der Waals surface area contributed by atoms with Crippen LogP contribution >= 0.6 is 0 Å². The molecule has 0 spiro atoms. The van der Waals surface area contributed by atoms with Gasteiger partial charge >= 0.3 is 5.76 Å². The number of aromatic amines is 1. The molecule has 2 rings (SSSR count). The molecular weight excluding hydrogens is 206 g/mol. The fourth-order valence-electron chi connectivity index (χ4n) is 2.53.